The molecule has 134 valence electrons. The molecule has 9 heteroatoms. The number of nitrogens with one attached hydrogen (secondary N) is 2. The number of carbonyl (C=O) groups is 1. The summed E-state index contributed by atoms with van der Waals surface area (Å²) in [5, 5.41) is 0. The third-order valence-corrected chi connectivity index (χ3v) is 4.00. The van der Waals surface area contributed by atoms with Gasteiger partial charge in [-0.25, -0.2) is 0 Å². The van der Waals surface area contributed by atoms with Crippen molar-refractivity contribution in [3.05, 3.63) is 52.0 Å². The zero-order valence-corrected chi connectivity index (χ0v) is 14.8. The second kappa shape index (κ2) is 7.64. The zero-order valence-electron chi connectivity index (χ0n) is 13.2. The molecule has 0 spiro atoms. The Morgan fingerprint density at radius 1 is 1.08 bits per heavy atom. The molecule has 2 rings (SSSR count). The van der Waals surface area contributed by atoms with Crippen LogP contribution in [0, 0.1) is 0 Å². The van der Waals surface area contributed by atoms with Crippen LogP contribution >= 0.6 is 15.9 Å². The van der Waals surface area contributed by atoms with Gasteiger partial charge in [0.05, 0.1) is 25.5 Å². The Bertz CT molecular complexity index is 756. The normalized spacial score (nSPS) is 11.0. The van der Waals surface area contributed by atoms with Gasteiger partial charge in [0.25, 0.3) is 5.91 Å². The van der Waals surface area contributed by atoms with Crippen molar-refractivity contribution in [3.63, 3.8) is 0 Å². The molecule has 25 heavy (non-hydrogen) atoms. The van der Waals surface area contributed by atoms with E-state index in [-0.39, 0.29) is 11.3 Å². The maximum Gasteiger partial charge on any atom is 0.416 e. The maximum atomic E-state index is 12.7. The van der Waals surface area contributed by atoms with E-state index in [0.29, 0.717) is 16.0 Å². The number of benzene rings is 2. The fourth-order valence-electron chi connectivity index (χ4n) is 1.97. The average molecular weight is 419 g/mol. The third kappa shape index (κ3) is 4.56. The summed E-state index contributed by atoms with van der Waals surface area (Å²) < 4.78 is 48.9. The van der Waals surface area contributed by atoms with E-state index in [0.717, 1.165) is 12.1 Å². The molecule has 0 bridgehead atoms. The Kier molecular flexibility index (Phi) is 5.78. The summed E-state index contributed by atoms with van der Waals surface area (Å²) >= 11 is 3.28. The second-order valence-corrected chi connectivity index (χ2v) is 5.65. The van der Waals surface area contributed by atoms with Crippen LogP contribution in [-0.2, 0) is 6.18 Å². The van der Waals surface area contributed by atoms with Gasteiger partial charge in [0.1, 0.15) is 16.0 Å². The number of methoxy groups -OCH3 is 2. The minimum Gasteiger partial charge on any atom is -0.495 e. The highest BCUT2D eigenvalue weighted by molar-refractivity contribution is 9.10. The molecule has 2 N–H and O–H groups in total. The van der Waals surface area contributed by atoms with Crippen LogP contribution in [0.3, 0.4) is 0 Å². The maximum absolute atomic E-state index is 12.7. The number of ether oxygens (including phenoxy) is 2. The molecule has 0 radical (unpaired) electrons. The van der Waals surface area contributed by atoms with Crippen LogP contribution < -0.4 is 20.3 Å². The zero-order chi connectivity index (χ0) is 18.6. The number of hydrogen-bond acceptors (Lipinski definition) is 4. The Balaban J connectivity index is 2.16. The third-order valence-electron chi connectivity index (χ3n) is 3.22. The number of alkyl halides is 3. The number of anilines is 1. The quantitative estimate of drug-likeness (QED) is 0.712. The number of halogens is 4. The Morgan fingerprint density at radius 2 is 1.68 bits per heavy atom. The van der Waals surface area contributed by atoms with Crippen LogP contribution in [0.5, 0.6) is 11.5 Å². The van der Waals surface area contributed by atoms with E-state index < -0.39 is 17.6 Å². The summed E-state index contributed by atoms with van der Waals surface area (Å²) in [6.45, 7) is 0. The Labute approximate surface area is 150 Å². The van der Waals surface area contributed by atoms with Gasteiger partial charge < -0.3 is 9.47 Å². The summed E-state index contributed by atoms with van der Waals surface area (Å²) in [4.78, 5) is 12.2. The molecule has 0 aliphatic carbocycles. The fourth-order valence-corrected chi connectivity index (χ4v) is 2.53. The number of carbonyl (C=O) groups excluding carboxylic acids is 1. The van der Waals surface area contributed by atoms with Crippen LogP contribution in [0.4, 0.5) is 18.9 Å². The van der Waals surface area contributed by atoms with Crippen LogP contribution in [-0.4, -0.2) is 20.1 Å². The van der Waals surface area contributed by atoms with E-state index in [4.69, 9.17) is 9.47 Å². The van der Waals surface area contributed by atoms with Crippen molar-refractivity contribution in [1.82, 2.24) is 5.43 Å². The standard InChI is InChI=1S/C16H14BrF3N2O3/c1-24-12-6-9(7-13(25-2)14(12)17)15(23)22-21-11-5-3-4-10(8-11)16(18,19)20/h3-8,21H,1-2H3,(H,22,23). The molecule has 0 aliphatic heterocycles. The molecule has 0 aromatic heterocycles. The topological polar surface area (TPSA) is 59.6 Å². The molecule has 0 fully saturated rings. The van der Waals surface area contributed by atoms with E-state index in [1.165, 1.54) is 38.5 Å². The van der Waals surface area contributed by atoms with Gasteiger partial charge in [-0.15, -0.1) is 0 Å². The first kappa shape index (κ1) is 18.9. The van der Waals surface area contributed by atoms with E-state index in [2.05, 4.69) is 26.8 Å². The van der Waals surface area contributed by atoms with Crippen molar-refractivity contribution in [2.24, 2.45) is 0 Å². The molecule has 0 saturated carbocycles. The predicted octanol–water partition coefficient (Wildman–Crippen LogP) is 4.24. The van der Waals surface area contributed by atoms with E-state index in [1.807, 2.05) is 0 Å². The molecule has 0 atom stereocenters. The average Bonchev–Trinajstić information content (AvgIpc) is 2.59. The minimum atomic E-state index is -4.46. The summed E-state index contributed by atoms with van der Waals surface area (Å²) in [5.74, 6) is 0.189. The van der Waals surface area contributed by atoms with Crippen molar-refractivity contribution in [2.45, 2.75) is 6.18 Å². The molecular formula is C16H14BrF3N2O3. The lowest BCUT2D eigenvalue weighted by atomic mass is 10.2. The van der Waals surface area contributed by atoms with Crippen molar-refractivity contribution < 1.29 is 27.4 Å². The van der Waals surface area contributed by atoms with Gasteiger partial charge in [-0.05, 0) is 46.3 Å². The van der Waals surface area contributed by atoms with E-state index in [9.17, 15) is 18.0 Å². The molecule has 0 saturated heterocycles. The monoisotopic (exact) mass is 418 g/mol. The second-order valence-electron chi connectivity index (χ2n) is 4.85. The van der Waals surface area contributed by atoms with Crippen molar-refractivity contribution in [1.29, 1.82) is 0 Å². The van der Waals surface area contributed by atoms with E-state index >= 15 is 0 Å². The largest absolute Gasteiger partial charge is 0.495 e. The highest BCUT2D eigenvalue weighted by Crippen LogP contribution is 2.35. The summed E-state index contributed by atoms with van der Waals surface area (Å²) in [5.41, 5.74) is 4.27. The smallest absolute Gasteiger partial charge is 0.416 e. The predicted molar refractivity (Wildman–Crippen MR) is 89.8 cm³/mol. The van der Waals surface area contributed by atoms with Crippen LogP contribution in [0.15, 0.2) is 40.9 Å². The van der Waals surface area contributed by atoms with Gasteiger partial charge in [-0.2, -0.15) is 13.2 Å². The highest BCUT2D eigenvalue weighted by Gasteiger charge is 2.30. The number of rotatable bonds is 5. The molecule has 2 aromatic rings. The van der Waals surface area contributed by atoms with Gasteiger partial charge in [0, 0.05) is 5.56 Å². The number of hydrazine groups is 1. The first-order valence-electron chi connectivity index (χ1n) is 6.91. The van der Waals surface area contributed by atoms with E-state index in [1.54, 1.807) is 0 Å². The molecular weight excluding hydrogens is 405 g/mol. The fraction of sp³-hybridized carbons (Fsp3) is 0.188. The Morgan fingerprint density at radius 3 is 2.20 bits per heavy atom. The SMILES string of the molecule is COc1cc(C(=O)NNc2cccc(C(F)(F)F)c2)cc(OC)c1Br. The molecule has 0 unspecified atom stereocenters. The van der Waals surface area contributed by atoms with Gasteiger partial charge in [-0.3, -0.25) is 15.6 Å². The van der Waals surface area contributed by atoms with Crippen LogP contribution in [0.25, 0.3) is 0 Å². The molecule has 5 nitrogen and oxygen atoms in total. The lowest BCUT2D eigenvalue weighted by Gasteiger charge is -2.13. The number of hydrogen-bond donors (Lipinski definition) is 2. The summed E-state index contributed by atoms with van der Waals surface area (Å²) in [7, 11) is 2.87. The van der Waals surface area contributed by atoms with Crippen molar-refractivity contribution >= 4 is 27.5 Å². The first-order valence-corrected chi connectivity index (χ1v) is 7.70. The highest BCUT2D eigenvalue weighted by atomic mass is 79.9. The molecule has 1 amide bonds. The van der Waals surface area contributed by atoms with Crippen molar-refractivity contribution in [2.75, 3.05) is 19.6 Å². The van der Waals surface area contributed by atoms with Crippen LogP contribution in [0.2, 0.25) is 0 Å². The molecule has 0 aliphatic rings. The molecule has 0 heterocycles. The summed E-state index contributed by atoms with van der Waals surface area (Å²) in [6.07, 6.45) is -4.46. The van der Waals surface area contributed by atoms with Crippen LogP contribution in [0.1, 0.15) is 15.9 Å². The van der Waals surface area contributed by atoms with Crippen molar-refractivity contribution in [3.8, 4) is 11.5 Å². The van der Waals surface area contributed by atoms with Gasteiger partial charge in [0.2, 0.25) is 0 Å². The Hall–Kier alpha value is -2.42. The lowest BCUT2D eigenvalue weighted by Crippen LogP contribution is -2.29. The lowest BCUT2D eigenvalue weighted by molar-refractivity contribution is -0.137. The first-order chi connectivity index (χ1) is 11.8. The molecule has 2 aromatic carbocycles. The summed E-state index contributed by atoms with van der Waals surface area (Å²) in [6, 6.07) is 7.41. The van der Waals surface area contributed by atoms with Gasteiger partial charge in [0.15, 0.2) is 0 Å². The number of amides is 1. The van der Waals surface area contributed by atoms with Gasteiger partial charge in [-0.1, -0.05) is 6.07 Å². The van der Waals surface area contributed by atoms with Gasteiger partial charge >= 0.3 is 6.18 Å². The minimum absolute atomic E-state index is 0.0965.